The van der Waals surface area contributed by atoms with Gasteiger partial charge in [0.2, 0.25) is 11.8 Å². The molecule has 3 amide bonds. The van der Waals surface area contributed by atoms with Gasteiger partial charge in [-0.1, -0.05) is 79.7 Å². The van der Waals surface area contributed by atoms with E-state index in [0.717, 1.165) is 21.9 Å². The van der Waals surface area contributed by atoms with Crippen molar-refractivity contribution in [1.29, 1.82) is 0 Å². The molecule has 39 heavy (non-hydrogen) atoms. The molecule has 1 atom stereocenters. The first kappa shape index (κ1) is 28.0. The summed E-state index contributed by atoms with van der Waals surface area (Å²) >= 11 is 0. The minimum absolute atomic E-state index is 0.0115. The third kappa shape index (κ3) is 6.54. The summed E-state index contributed by atoms with van der Waals surface area (Å²) in [6.45, 7) is 2.56. The summed E-state index contributed by atoms with van der Waals surface area (Å²) < 4.78 is 26.6. The highest BCUT2D eigenvalue weighted by Gasteiger charge is 2.40. The van der Waals surface area contributed by atoms with Gasteiger partial charge in [0.15, 0.2) is 0 Å². The molecule has 0 fully saturated rings. The van der Waals surface area contributed by atoms with E-state index in [4.69, 9.17) is 0 Å². The van der Waals surface area contributed by atoms with Crippen molar-refractivity contribution in [3.8, 4) is 0 Å². The van der Waals surface area contributed by atoms with Gasteiger partial charge in [0, 0.05) is 32.5 Å². The fourth-order valence-electron chi connectivity index (χ4n) is 4.67. The van der Waals surface area contributed by atoms with Gasteiger partial charge in [-0.05, 0) is 36.1 Å². The zero-order chi connectivity index (χ0) is 27.8. The molecule has 9 heteroatoms. The van der Waals surface area contributed by atoms with Crippen LogP contribution < -0.4 is 5.32 Å². The summed E-state index contributed by atoms with van der Waals surface area (Å²) in [6.07, 6.45) is 1.22. The molecule has 204 valence electrons. The van der Waals surface area contributed by atoms with Gasteiger partial charge in [-0.25, -0.2) is 12.7 Å². The van der Waals surface area contributed by atoms with Crippen LogP contribution in [0.4, 0.5) is 0 Å². The molecule has 1 N–H and O–H groups in total. The normalized spacial score (nSPS) is 14.5. The van der Waals surface area contributed by atoms with E-state index in [0.29, 0.717) is 13.0 Å². The standard InChI is InChI=1S/C30H33N3O5S/c1-2-19-31-29(35)26(21-23-12-5-3-6-13-23)32(22-24-14-7-4-8-15-24)28(34)18-11-20-33-30(36)25-16-9-10-17-27(25)39(33,37)38/h3-10,12-17,26H,2,11,18-22H2,1H3,(H,31,35)/t26-/m1/s1. The molecule has 1 aliphatic heterocycles. The summed E-state index contributed by atoms with van der Waals surface area (Å²) in [6, 6.07) is 24.3. The van der Waals surface area contributed by atoms with Crippen molar-refractivity contribution < 1.29 is 22.8 Å². The minimum Gasteiger partial charge on any atom is -0.354 e. The molecule has 0 spiro atoms. The lowest BCUT2D eigenvalue weighted by Crippen LogP contribution is -2.50. The lowest BCUT2D eigenvalue weighted by molar-refractivity contribution is -0.141. The van der Waals surface area contributed by atoms with Gasteiger partial charge in [-0.2, -0.15) is 0 Å². The average molecular weight is 548 g/mol. The van der Waals surface area contributed by atoms with Crippen LogP contribution in [0.25, 0.3) is 0 Å². The summed E-state index contributed by atoms with van der Waals surface area (Å²) in [5, 5.41) is 2.94. The number of carbonyl (C=O) groups excluding carboxylic acids is 3. The van der Waals surface area contributed by atoms with Crippen LogP contribution in [0.2, 0.25) is 0 Å². The number of nitrogens with one attached hydrogen (secondary N) is 1. The fraction of sp³-hybridized carbons (Fsp3) is 0.300. The van der Waals surface area contributed by atoms with Crippen molar-refractivity contribution in [2.24, 2.45) is 0 Å². The van der Waals surface area contributed by atoms with E-state index in [1.54, 1.807) is 17.0 Å². The Kier molecular flexibility index (Phi) is 9.14. The molecule has 0 saturated heterocycles. The number of nitrogens with zero attached hydrogens (tertiary/aromatic N) is 2. The van der Waals surface area contributed by atoms with Gasteiger partial charge in [-0.15, -0.1) is 0 Å². The highest BCUT2D eigenvalue weighted by Crippen LogP contribution is 2.30. The Morgan fingerprint density at radius 1 is 0.897 bits per heavy atom. The van der Waals surface area contributed by atoms with E-state index >= 15 is 0 Å². The second-order valence-corrected chi connectivity index (χ2v) is 11.3. The molecule has 0 aliphatic carbocycles. The van der Waals surface area contributed by atoms with Crippen molar-refractivity contribution in [2.75, 3.05) is 13.1 Å². The molecule has 8 nitrogen and oxygen atoms in total. The first-order valence-corrected chi connectivity index (χ1v) is 14.6. The summed E-state index contributed by atoms with van der Waals surface area (Å²) in [4.78, 5) is 41.4. The fourth-order valence-corrected chi connectivity index (χ4v) is 6.28. The maximum Gasteiger partial charge on any atom is 0.269 e. The molecule has 4 rings (SSSR count). The molecule has 3 aromatic rings. The molecular formula is C30H33N3O5S. The molecule has 0 unspecified atom stereocenters. The quantitative estimate of drug-likeness (QED) is 0.372. The van der Waals surface area contributed by atoms with Gasteiger partial charge in [0.05, 0.1) is 5.56 Å². The first-order valence-electron chi connectivity index (χ1n) is 13.1. The predicted molar refractivity (Wildman–Crippen MR) is 148 cm³/mol. The Bertz CT molecular complexity index is 1410. The molecule has 1 heterocycles. The number of hydrogen-bond acceptors (Lipinski definition) is 5. The van der Waals surface area contributed by atoms with E-state index in [1.807, 2.05) is 67.6 Å². The van der Waals surface area contributed by atoms with Crippen LogP contribution in [0.5, 0.6) is 0 Å². The Morgan fingerprint density at radius 2 is 1.51 bits per heavy atom. The third-order valence-corrected chi connectivity index (χ3v) is 8.52. The Labute approximate surface area is 229 Å². The predicted octanol–water partition coefficient (Wildman–Crippen LogP) is 3.78. The first-order chi connectivity index (χ1) is 18.8. The zero-order valence-electron chi connectivity index (χ0n) is 22.0. The molecule has 0 radical (unpaired) electrons. The smallest absolute Gasteiger partial charge is 0.269 e. The van der Waals surface area contributed by atoms with Gasteiger partial charge >= 0.3 is 0 Å². The second-order valence-electron chi connectivity index (χ2n) is 9.49. The number of hydrogen-bond donors (Lipinski definition) is 1. The van der Waals surface area contributed by atoms with Crippen molar-refractivity contribution in [3.63, 3.8) is 0 Å². The summed E-state index contributed by atoms with van der Waals surface area (Å²) in [5.41, 5.74) is 1.94. The third-order valence-electron chi connectivity index (χ3n) is 6.68. The number of benzene rings is 3. The summed E-state index contributed by atoms with van der Waals surface area (Å²) in [7, 11) is -3.95. The van der Waals surface area contributed by atoms with Crippen LogP contribution in [-0.4, -0.2) is 54.5 Å². The van der Waals surface area contributed by atoms with Crippen molar-refractivity contribution in [1.82, 2.24) is 14.5 Å². The number of fused-ring (bicyclic) bond motifs is 1. The van der Waals surface area contributed by atoms with Crippen molar-refractivity contribution >= 4 is 27.7 Å². The maximum atomic E-state index is 13.7. The van der Waals surface area contributed by atoms with E-state index in [2.05, 4.69) is 5.32 Å². The van der Waals surface area contributed by atoms with Crippen molar-refractivity contribution in [2.45, 2.75) is 50.1 Å². The van der Waals surface area contributed by atoms with Crippen LogP contribution in [0.1, 0.15) is 47.7 Å². The second kappa shape index (κ2) is 12.7. The molecule has 1 aliphatic rings. The summed E-state index contributed by atoms with van der Waals surface area (Å²) in [5.74, 6) is -1.11. The lowest BCUT2D eigenvalue weighted by Gasteiger charge is -2.32. The molecule has 3 aromatic carbocycles. The van der Waals surface area contributed by atoms with Crippen LogP contribution >= 0.6 is 0 Å². The number of rotatable bonds is 12. The highest BCUT2D eigenvalue weighted by molar-refractivity contribution is 7.90. The molecular weight excluding hydrogens is 514 g/mol. The maximum absolute atomic E-state index is 13.7. The largest absolute Gasteiger partial charge is 0.354 e. The van der Waals surface area contributed by atoms with Crippen LogP contribution in [0.15, 0.2) is 89.8 Å². The van der Waals surface area contributed by atoms with E-state index < -0.39 is 22.0 Å². The highest BCUT2D eigenvalue weighted by atomic mass is 32.2. The van der Waals surface area contributed by atoms with Gasteiger partial charge in [0.25, 0.3) is 15.9 Å². The van der Waals surface area contributed by atoms with Gasteiger partial charge in [0.1, 0.15) is 10.9 Å². The van der Waals surface area contributed by atoms with Crippen molar-refractivity contribution in [3.05, 3.63) is 102 Å². The minimum atomic E-state index is -3.95. The van der Waals surface area contributed by atoms with Crippen LogP contribution in [0, 0.1) is 0 Å². The SMILES string of the molecule is CCCNC(=O)[C@@H](Cc1ccccc1)N(Cc1ccccc1)C(=O)CCCN1C(=O)c2ccccc2S1(=O)=O. The van der Waals surface area contributed by atoms with Crippen LogP contribution in [-0.2, 0) is 32.6 Å². The Balaban J connectivity index is 1.54. The molecule has 0 aromatic heterocycles. The lowest BCUT2D eigenvalue weighted by atomic mass is 10.0. The Hall–Kier alpha value is -3.98. The number of amides is 3. The topological polar surface area (TPSA) is 104 Å². The van der Waals surface area contributed by atoms with E-state index in [9.17, 15) is 22.8 Å². The van der Waals surface area contributed by atoms with Crippen LogP contribution in [0.3, 0.4) is 0 Å². The average Bonchev–Trinajstić information content (AvgIpc) is 3.15. The molecule has 0 saturated carbocycles. The van der Waals surface area contributed by atoms with Gasteiger partial charge < -0.3 is 10.2 Å². The zero-order valence-corrected chi connectivity index (χ0v) is 22.8. The van der Waals surface area contributed by atoms with Gasteiger partial charge in [-0.3, -0.25) is 14.4 Å². The number of sulfonamides is 1. The van der Waals surface area contributed by atoms with E-state index in [-0.39, 0.29) is 48.2 Å². The molecule has 0 bridgehead atoms. The Morgan fingerprint density at radius 3 is 2.15 bits per heavy atom. The monoisotopic (exact) mass is 547 g/mol. The van der Waals surface area contributed by atoms with E-state index in [1.165, 1.54) is 12.1 Å². The number of carbonyl (C=O) groups is 3.